The van der Waals surface area contributed by atoms with E-state index in [0.29, 0.717) is 17.2 Å². The highest BCUT2D eigenvalue weighted by molar-refractivity contribution is 5.97. The molecule has 0 fully saturated rings. The number of hydrogen-bond acceptors (Lipinski definition) is 5. The predicted octanol–water partition coefficient (Wildman–Crippen LogP) is 4.28. The lowest BCUT2D eigenvalue weighted by Crippen LogP contribution is -2.46. The van der Waals surface area contributed by atoms with E-state index < -0.39 is 0 Å². The zero-order valence-corrected chi connectivity index (χ0v) is 12.6. The van der Waals surface area contributed by atoms with E-state index in [1.54, 1.807) is 18.2 Å². The summed E-state index contributed by atoms with van der Waals surface area (Å²) in [4.78, 5) is 12.1. The van der Waals surface area contributed by atoms with E-state index in [4.69, 9.17) is 9.15 Å². The van der Waals surface area contributed by atoms with Gasteiger partial charge in [0, 0.05) is 5.54 Å². The number of carbonyl (C=O) groups is 1. The van der Waals surface area contributed by atoms with Crippen molar-refractivity contribution in [2.24, 2.45) is 5.92 Å². The lowest BCUT2D eigenvalue weighted by molar-refractivity contribution is -0.295. The molecule has 0 aliphatic heterocycles. The molecule has 21 heavy (non-hydrogen) atoms. The summed E-state index contributed by atoms with van der Waals surface area (Å²) in [5.41, 5.74) is 0.680. The van der Waals surface area contributed by atoms with Crippen molar-refractivity contribution in [3.05, 3.63) is 18.2 Å². The summed E-state index contributed by atoms with van der Waals surface area (Å²) in [6.07, 6.45) is 0.865. The number of fused-ring (bicyclic) bond motifs is 1. The van der Waals surface area contributed by atoms with Crippen molar-refractivity contribution >= 4 is 22.9 Å². The first-order valence-corrected chi connectivity index (χ1v) is 6.77. The van der Waals surface area contributed by atoms with E-state index in [9.17, 15) is 4.79 Å². The van der Waals surface area contributed by atoms with Gasteiger partial charge in [0.1, 0.15) is 0 Å². The highest BCUT2D eigenvalue weighted by Crippen LogP contribution is 2.23. The monoisotopic (exact) mass is 296 g/mol. The number of nitrogens with one attached hydrogen (secondary N) is 2. The predicted molar refractivity (Wildman–Crippen MR) is 76.3 cm³/mol. The molecule has 2 amide bonds. The summed E-state index contributed by atoms with van der Waals surface area (Å²) in [7, 11) is 0. The Bertz CT molecular complexity index is 637. The molecule has 0 unspecified atom stereocenters. The summed E-state index contributed by atoms with van der Waals surface area (Å²) in [6.45, 7) is 8.17. The highest BCUT2D eigenvalue weighted by Gasteiger charge is 2.22. The van der Waals surface area contributed by atoms with Crippen molar-refractivity contribution in [1.82, 2.24) is 5.32 Å². The van der Waals surface area contributed by atoms with Crippen LogP contribution in [0.15, 0.2) is 36.8 Å². The molecule has 116 valence electrons. The third-order valence-corrected chi connectivity index (χ3v) is 2.87. The van der Waals surface area contributed by atoms with Crippen LogP contribution in [0.2, 0.25) is 0 Å². The van der Waals surface area contributed by atoms with Crippen molar-refractivity contribution in [3.8, 4) is 0 Å². The number of benzene rings is 1. The number of hydrogen-bond donors (Lipinski definition) is 2. The summed E-state index contributed by atoms with van der Waals surface area (Å²) >= 11 is 0. The molecule has 2 aromatic rings. The topological polar surface area (TPSA) is 93.7 Å². The summed E-state index contributed by atoms with van der Waals surface area (Å²) < 4.78 is 18.1. The van der Waals surface area contributed by atoms with Crippen LogP contribution in [-0.2, 0) is 0 Å². The van der Waals surface area contributed by atoms with Crippen molar-refractivity contribution in [1.29, 1.82) is 0 Å². The fourth-order valence-corrected chi connectivity index (χ4v) is 2.40. The Kier molecular flexibility index (Phi) is 4.30. The molecule has 0 spiro atoms. The van der Waals surface area contributed by atoms with Crippen LogP contribution in [0, 0.1) is 5.92 Å². The molecule has 7 nitrogen and oxygen atoms in total. The van der Waals surface area contributed by atoms with E-state index in [1.807, 2.05) is 13.8 Å². The molecule has 0 atom stereocenters. The molecular formula is C14H20N2O5. The largest absolute Gasteiger partial charge is 0.333 e. The van der Waals surface area contributed by atoms with Crippen LogP contribution in [0.25, 0.3) is 11.2 Å². The van der Waals surface area contributed by atoms with Gasteiger partial charge in [0.25, 0.3) is 5.58 Å². The number of rotatable bonds is 4. The molecule has 1 heterocycles. The lowest BCUT2D eigenvalue weighted by atomic mass is 9.93. The van der Waals surface area contributed by atoms with E-state index in [1.165, 1.54) is 0 Å². The first-order valence-electron chi connectivity index (χ1n) is 6.77. The maximum Gasteiger partial charge on any atom is 0.319 e. The van der Waals surface area contributed by atoms with E-state index in [-0.39, 0.29) is 17.2 Å². The van der Waals surface area contributed by atoms with Gasteiger partial charge in [-0.3, -0.25) is 0 Å². The number of para-hydroxylation sites is 1. The number of anilines is 1. The standard InChI is InChI=1S/C14H20N2O5/c1-9(2)8-14(3,4)16-13(17)15-10-6-5-7-11-12(10)19-21-20-18-11/h5-7,9H,8H2,1-4H3,(H2,15,16,17). The smallest absolute Gasteiger partial charge is 0.319 e. The highest BCUT2D eigenvalue weighted by atomic mass is 17.4. The zero-order chi connectivity index (χ0) is 15.5. The van der Waals surface area contributed by atoms with E-state index in [0.717, 1.165) is 6.42 Å². The molecule has 2 rings (SSSR count). The second-order valence-corrected chi connectivity index (χ2v) is 6.00. The summed E-state index contributed by atoms with van der Waals surface area (Å²) in [6, 6.07) is 4.67. The number of urea groups is 1. The molecular weight excluding hydrogens is 276 g/mol. The Morgan fingerprint density at radius 3 is 2.67 bits per heavy atom. The minimum absolute atomic E-state index is 0.251. The molecule has 0 aliphatic rings. The Labute approximate surface area is 121 Å². The zero-order valence-electron chi connectivity index (χ0n) is 12.6. The first-order chi connectivity index (χ1) is 9.87. The average molecular weight is 296 g/mol. The second kappa shape index (κ2) is 5.99. The van der Waals surface area contributed by atoms with Gasteiger partial charge in [-0.1, -0.05) is 19.9 Å². The molecule has 0 aliphatic carbocycles. The SMILES string of the molecule is CC(C)CC(C)(C)NC(=O)Nc1cccc2ooooc12. The third-order valence-electron chi connectivity index (χ3n) is 2.87. The van der Waals surface area contributed by atoms with Crippen LogP contribution in [-0.4, -0.2) is 11.6 Å². The van der Waals surface area contributed by atoms with Crippen LogP contribution in [0.3, 0.4) is 0 Å². The van der Waals surface area contributed by atoms with Gasteiger partial charge in [-0.25, -0.2) is 13.9 Å². The van der Waals surface area contributed by atoms with Crippen LogP contribution in [0.4, 0.5) is 10.5 Å². The van der Waals surface area contributed by atoms with Crippen molar-refractivity contribution in [2.75, 3.05) is 5.32 Å². The Balaban J connectivity index is 2.12. The van der Waals surface area contributed by atoms with Gasteiger partial charge in [0.05, 0.1) is 5.69 Å². The maximum atomic E-state index is 12.1. The minimum atomic E-state index is -0.329. The molecule has 7 heteroatoms. The Morgan fingerprint density at radius 1 is 1.24 bits per heavy atom. The number of amides is 2. The molecule has 0 saturated carbocycles. The van der Waals surface area contributed by atoms with Gasteiger partial charge in [-0.05, 0) is 47.8 Å². The van der Waals surface area contributed by atoms with Gasteiger partial charge >= 0.3 is 6.03 Å². The summed E-state index contributed by atoms with van der Waals surface area (Å²) in [5.74, 6) is 0.479. The van der Waals surface area contributed by atoms with E-state index >= 15 is 0 Å². The third kappa shape index (κ3) is 4.08. The van der Waals surface area contributed by atoms with Gasteiger partial charge in [0.2, 0.25) is 5.58 Å². The van der Waals surface area contributed by atoms with Crippen LogP contribution in [0.5, 0.6) is 0 Å². The van der Waals surface area contributed by atoms with Crippen molar-refractivity contribution in [3.63, 3.8) is 0 Å². The second-order valence-electron chi connectivity index (χ2n) is 6.00. The molecule has 0 bridgehead atoms. The molecule has 0 radical (unpaired) electrons. The maximum absolute atomic E-state index is 12.1. The lowest BCUT2D eigenvalue weighted by Gasteiger charge is -2.28. The molecule has 1 aromatic heterocycles. The van der Waals surface area contributed by atoms with E-state index in [2.05, 4.69) is 34.0 Å². The van der Waals surface area contributed by atoms with Gasteiger partial charge in [-0.15, -0.1) is 0 Å². The number of carbonyl (C=O) groups excluding carboxylic acids is 1. The van der Waals surface area contributed by atoms with Crippen LogP contribution >= 0.6 is 0 Å². The fourth-order valence-electron chi connectivity index (χ4n) is 2.40. The van der Waals surface area contributed by atoms with Gasteiger partial charge in [-0.2, -0.15) is 0 Å². The minimum Gasteiger partial charge on any atom is -0.333 e. The first kappa shape index (κ1) is 15.1. The molecule has 2 N–H and O–H groups in total. The fraction of sp³-hybridized carbons (Fsp3) is 0.500. The average Bonchev–Trinajstić information content (AvgIpc) is 2.36. The van der Waals surface area contributed by atoms with Crippen LogP contribution in [0.1, 0.15) is 34.1 Å². The summed E-state index contributed by atoms with van der Waals surface area (Å²) in [5, 5.41) is 5.63. The Morgan fingerprint density at radius 2 is 1.95 bits per heavy atom. The van der Waals surface area contributed by atoms with Crippen molar-refractivity contribution < 1.29 is 23.4 Å². The van der Waals surface area contributed by atoms with Crippen molar-refractivity contribution in [2.45, 2.75) is 39.7 Å². The molecule has 0 saturated heterocycles. The van der Waals surface area contributed by atoms with Gasteiger partial charge in [0.15, 0.2) is 0 Å². The molecule has 1 aromatic carbocycles. The Hall–Kier alpha value is -2.31. The van der Waals surface area contributed by atoms with Crippen LogP contribution < -0.4 is 10.6 Å². The normalized spacial score (nSPS) is 11.7. The van der Waals surface area contributed by atoms with Gasteiger partial charge < -0.3 is 10.6 Å². The quantitative estimate of drug-likeness (QED) is 0.821.